The normalized spacial score (nSPS) is 15.2. The molecule has 1 atom stereocenters. The van der Waals surface area contributed by atoms with Gasteiger partial charge in [-0.25, -0.2) is 0 Å². The van der Waals surface area contributed by atoms with Gasteiger partial charge in [-0.05, 0) is 43.9 Å². The minimum atomic E-state index is -0.495. The maximum atomic E-state index is 9.69. The van der Waals surface area contributed by atoms with E-state index in [2.05, 4.69) is 34.6 Å². The van der Waals surface area contributed by atoms with Crippen molar-refractivity contribution in [3.05, 3.63) is 0 Å². The molecule has 0 saturated carbocycles. The molecule has 16 heavy (non-hydrogen) atoms. The lowest BCUT2D eigenvalue weighted by Gasteiger charge is -2.31. The molecule has 0 saturated heterocycles. The van der Waals surface area contributed by atoms with Gasteiger partial charge in [0.15, 0.2) is 0 Å². The second kappa shape index (κ2) is 6.64. The molecule has 98 valence electrons. The van der Waals surface area contributed by atoms with Gasteiger partial charge in [-0.3, -0.25) is 0 Å². The van der Waals surface area contributed by atoms with Crippen LogP contribution in [0.1, 0.15) is 67.7 Å². The fourth-order valence-corrected chi connectivity index (χ4v) is 3.13. The summed E-state index contributed by atoms with van der Waals surface area (Å²) >= 11 is 0. The molecule has 1 heteroatoms. The molecule has 0 aliphatic carbocycles. The van der Waals surface area contributed by atoms with E-state index in [0.717, 1.165) is 36.5 Å². The summed E-state index contributed by atoms with van der Waals surface area (Å²) in [5.41, 5.74) is -0.495. The summed E-state index contributed by atoms with van der Waals surface area (Å²) in [7, 11) is 0. The van der Waals surface area contributed by atoms with Crippen LogP contribution in [0, 0.1) is 23.7 Å². The van der Waals surface area contributed by atoms with E-state index in [-0.39, 0.29) is 0 Å². The average molecular weight is 228 g/mol. The first-order valence-electron chi connectivity index (χ1n) is 6.87. The number of rotatable bonds is 7. The highest BCUT2D eigenvalue weighted by Crippen LogP contribution is 2.32. The third kappa shape index (κ3) is 6.52. The highest BCUT2D eigenvalue weighted by Gasteiger charge is 2.24. The van der Waals surface area contributed by atoms with Crippen molar-refractivity contribution in [2.45, 2.75) is 73.3 Å². The van der Waals surface area contributed by atoms with Gasteiger partial charge in [0.1, 0.15) is 0 Å². The SMILES string of the molecule is CC(C)C(C(C)C)C(C)CCCC(C)(C)O. The first-order valence-corrected chi connectivity index (χ1v) is 6.87. The van der Waals surface area contributed by atoms with E-state index in [1.165, 1.54) is 6.42 Å². The maximum Gasteiger partial charge on any atom is 0.0591 e. The van der Waals surface area contributed by atoms with Gasteiger partial charge < -0.3 is 5.11 Å². The van der Waals surface area contributed by atoms with Crippen molar-refractivity contribution >= 4 is 0 Å². The third-order valence-corrected chi connectivity index (χ3v) is 3.64. The standard InChI is InChI=1S/C15H32O/c1-11(2)14(12(3)4)13(5)9-8-10-15(6,7)16/h11-14,16H,8-10H2,1-7H3. The maximum absolute atomic E-state index is 9.69. The topological polar surface area (TPSA) is 20.2 Å². The Bertz CT molecular complexity index is 168. The predicted octanol–water partition coefficient (Wildman–Crippen LogP) is 4.49. The fraction of sp³-hybridized carbons (Fsp3) is 1.00. The minimum Gasteiger partial charge on any atom is -0.390 e. The van der Waals surface area contributed by atoms with Crippen molar-refractivity contribution in [2.24, 2.45) is 23.7 Å². The van der Waals surface area contributed by atoms with Crippen molar-refractivity contribution in [3.63, 3.8) is 0 Å². The Morgan fingerprint density at radius 3 is 1.69 bits per heavy atom. The van der Waals surface area contributed by atoms with Gasteiger partial charge in [0.2, 0.25) is 0 Å². The van der Waals surface area contributed by atoms with E-state index < -0.39 is 5.60 Å². The predicted molar refractivity (Wildman–Crippen MR) is 72.5 cm³/mol. The molecule has 0 aliphatic rings. The summed E-state index contributed by atoms with van der Waals surface area (Å²) < 4.78 is 0. The van der Waals surface area contributed by atoms with Crippen LogP contribution in [0.4, 0.5) is 0 Å². The fourth-order valence-electron chi connectivity index (χ4n) is 3.13. The lowest BCUT2D eigenvalue weighted by Crippen LogP contribution is -2.24. The second-order valence-corrected chi connectivity index (χ2v) is 6.75. The first kappa shape index (κ1) is 16.0. The molecule has 0 bridgehead atoms. The van der Waals surface area contributed by atoms with Crippen LogP contribution in [-0.4, -0.2) is 10.7 Å². The molecule has 0 radical (unpaired) electrons. The average Bonchev–Trinajstić information content (AvgIpc) is 1.99. The lowest BCUT2D eigenvalue weighted by molar-refractivity contribution is 0.0643. The van der Waals surface area contributed by atoms with Crippen molar-refractivity contribution in [3.8, 4) is 0 Å². The summed E-state index contributed by atoms with van der Waals surface area (Å²) in [5.74, 6) is 3.10. The van der Waals surface area contributed by atoms with Crippen LogP contribution < -0.4 is 0 Å². The monoisotopic (exact) mass is 228 g/mol. The number of hydrogen-bond acceptors (Lipinski definition) is 1. The Morgan fingerprint density at radius 1 is 0.938 bits per heavy atom. The minimum absolute atomic E-state index is 0.495. The van der Waals surface area contributed by atoms with Crippen molar-refractivity contribution < 1.29 is 5.11 Å². The van der Waals surface area contributed by atoms with Crippen LogP contribution in [0.15, 0.2) is 0 Å². The van der Waals surface area contributed by atoms with Crippen molar-refractivity contribution in [1.82, 2.24) is 0 Å². The van der Waals surface area contributed by atoms with Gasteiger partial charge in [0.05, 0.1) is 5.60 Å². The van der Waals surface area contributed by atoms with Crippen molar-refractivity contribution in [2.75, 3.05) is 0 Å². The van der Waals surface area contributed by atoms with Crippen molar-refractivity contribution in [1.29, 1.82) is 0 Å². The molecule has 0 aromatic rings. The molecule has 0 aromatic heterocycles. The highest BCUT2D eigenvalue weighted by molar-refractivity contribution is 4.74. The Labute approximate surface area is 103 Å². The second-order valence-electron chi connectivity index (χ2n) is 6.75. The zero-order chi connectivity index (χ0) is 12.9. The van der Waals surface area contributed by atoms with Crippen LogP contribution in [0.2, 0.25) is 0 Å². The molecule has 0 amide bonds. The lowest BCUT2D eigenvalue weighted by atomic mass is 9.75. The van der Waals surface area contributed by atoms with Gasteiger partial charge in [0.25, 0.3) is 0 Å². The molecule has 0 spiro atoms. The Kier molecular flexibility index (Phi) is 6.62. The smallest absolute Gasteiger partial charge is 0.0591 e. The van der Waals surface area contributed by atoms with Crippen LogP contribution in [0.25, 0.3) is 0 Å². The molecule has 1 nitrogen and oxygen atoms in total. The Balaban J connectivity index is 4.07. The Hall–Kier alpha value is -0.0400. The van der Waals surface area contributed by atoms with Gasteiger partial charge in [-0.15, -0.1) is 0 Å². The molecule has 0 rings (SSSR count). The zero-order valence-electron chi connectivity index (χ0n) is 12.4. The van der Waals surface area contributed by atoms with E-state index >= 15 is 0 Å². The van der Waals surface area contributed by atoms with Gasteiger partial charge in [0, 0.05) is 0 Å². The van der Waals surface area contributed by atoms with Gasteiger partial charge >= 0.3 is 0 Å². The largest absolute Gasteiger partial charge is 0.390 e. The summed E-state index contributed by atoms with van der Waals surface area (Å²) in [5, 5.41) is 9.69. The summed E-state index contributed by atoms with van der Waals surface area (Å²) in [4.78, 5) is 0. The molecule has 0 aromatic carbocycles. The van der Waals surface area contributed by atoms with E-state index in [4.69, 9.17) is 0 Å². The molecule has 0 heterocycles. The summed E-state index contributed by atoms with van der Waals surface area (Å²) in [6, 6.07) is 0. The quantitative estimate of drug-likeness (QED) is 0.680. The van der Waals surface area contributed by atoms with Gasteiger partial charge in [-0.2, -0.15) is 0 Å². The van der Waals surface area contributed by atoms with E-state index in [0.29, 0.717) is 0 Å². The first-order chi connectivity index (χ1) is 7.15. The van der Waals surface area contributed by atoms with E-state index in [1.807, 2.05) is 13.8 Å². The van der Waals surface area contributed by atoms with Gasteiger partial charge in [-0.1, -0.05) is 47.5 Å². The molecular weight excluding hydrogens is 196 g/mol. The molecule has 1 N–H and O–H groups in total. The Morgan fingerprint density at radius 2 is 1.38 bits per heavy atom. The van der Waals surface area contributed by atoms with Crippen LogP contribution >= 0.6 is 0 Å². The van der Waals surface area contributed by atoms with Crippen LogP contribution in [0.3, 0.4) is 0 Å². The van der Waals surface area contributed by atoms with E-state index in [9.17, 15) is 5.11 Å². The number of aliphatic hydroxyl groups is 1. The molecule has 1 unspecified atom stereocenters. The summed E-state index contributed by atoms with van der Waals surface area (Å²) in [6.07, 6.45) is 3.30. The molecular formula is C15H32O. The summed E-state index contributed by atoms with van der Waals surface area (Å²) in [6.45, 7) is 15.5. The third-order valence-electron chi connectivity index (χ3n) is 3.64. The van der Waals surface area contributed by atoms with Crippen LogP contribution in [-0.2, 0) is 0 Å². The van der Waals surface area contributed by atoms with Crippen LogP contribution in [0.5, 0.6) is 0 Å². The number of hydrogen-bond donors (Lipinski definition) is 1. The molecule has 0 fully saturated rings. The van der Waals surface area contributed by atoms with E-state index in [1.54, 1.807) is 0 Å². The highest BCUT2D eigenvalue weighted by atomic mass is 16.3. The molecule has 0 aliphatic heterocycles. The zero-order valence-corrected chi connectivity index (χ0v) is 12.4.